The third kappa shape index (κ3) is 7.03. The van der Waals surface area contributed by atoms with E-state index in [-0.39, 0.29) is 19.0 Å². The molecule has 0 aromatic carbocycles. The Morgan fingerprint density at radius 2 is 1.93 bits per heavy atom. The summed E-state index contributed by atoms with van der Waals surface area (Å²) in [6, 6.07) is 0. The Hall–Kier alpha value is 0.0700. The molecule has 15 heavy (non-hydrogen) atoms. The van der Waals surface area contributed by atoms with Crippen LogP contribution in [0.2, 0.25) is 0 Å². The van der Waals surface area contributed by atoms with Gasteiger partial charge in [0.2, 0.25) is 0 Å². The van der Waals surface area contributed by atoms with Crippen molar-refractivity contribution in [3.05, 3.63) is 0 Å². The summed E-state index contributed by atoms with van der Waals surface area (Å²) in [6.07, 6.45) is 1.25. The molecule has 1 aliphatic heterocycles. The lowest BCUT2D eigenvalue weighted by Crippen LogP contribution is -2.31. The van der Waals surface area contributed by atoms with E-state index < -0.39 is 6.43 Å². The number of hydrogen-bond donors (Lipinski definition) is 1. The van der Waals surface area contributed by atoms with Gasteiger partial charge in [-0.1, -0.05) is 0 Å². The molecule has 0 aromatic rings. The van der Waals surface area contributed by atoms with Crippen LogP contribution in [0.5, 0.6) is 0 Å². The number of alkyl halides is 2. The van der Waals surface area contributed by atoms with Gasteiger partial charge < -0.3 is 10.2 Å². The number of nitrogens with zero attached hydrogens (tertiary/aromatic N) is 1. The molecule has 0 bridgehead atoms. The molecule has 5 heteroatoms. The first-order valence-corrected chi connectivity index (χ1v) is 5.36. The molecule has 0 radical (unpaired) electrons. The summed E-state index contributed by atoms with van der Waals surface area (Å²) in [5.74, 6) is 0.733. The molecule has 92 valence electrons. The van der Waals surface area contributed by atoms with E-state index in [0.717, 1.165) is 32.0 Å². The zero-order valence-electron chi connectivity index (χ0n) is 9.22. The molecular formula is C10H21ClF2N2. The molecule has 1 N–H and O–H groups in total. The molecule has 0 spiro atoms. The molecule has 1 fully saturated rings. The van der Waals surface area contributed by atoms with E-state index in [0.29, 0.717) is 0 Å². The van der Waals surface area contributed by atoms with Crippen molar-refractivity contribution >= 4 is 12.4 Å². The minimum absolute atomic E-state index is 0. The topological polar surface area (TPSA) is 15.3 Å². The van der Waals surface area contributed by atoms with E-state index in [2.05, 4.69) is 5.32 Å². The fourth-order valence-corrected chi connectivity index (χ4v) is 1.90. The molecule has 1 rings (SSSR count). The first kappa shape index (κ1) is 15.1. The predicted molar refractivity (Wildman–Crippen MR) is 61.0 cm³/mol. The van der Waals surface area contributed by atoms with Crippen molar-refractivity contribution in [3.8, 4) is 0 Å². The van der Waals surface area contributed by atoms with Gasteiger partial charge in [-0.25, -0.2) is 8.78 Å². The SMILES string of the molecule is CN(CCC1CCNCC1)CC(F)F.Cl. The molecule has 0 unspecified atom stereocenters. The van der Waals surface area contributed by atoms with Gasteiger partial charge in [-0.05, 0) is 51.9 Å². The maximum absolute atomic E-state index is 12.0. The second-order valence-corrected chi connectivity index (χ2v) is 4.14. The normalized spacial score (nSPS) is 18.2. The summed E-state index contributed by atoms with van der Waals surface area (Å²) < 4.78 is 24.0. The summed E-state index contributed by atoms with van der Waals surface area (Å²) in [7, 11) is 1.77. The highest BCUT2D eigenvalue weighted by atomic mass is 35.5. The van der Waals surface area contributed by atoms with Gasteiger partial charge in [0.05, 0.1) is 6.54 Å². The van der Waals surface area contributed by atoms with Crippen molar-refractivity contribution in [1.29, 1.82) is 0 Å². The van der Waals surface area contributed by atoms with Gasteiger partial charge >= 0.3 is 0 Å². The van der Waals surface area contributed by atoms with Gasteiger partial charge in [0.15, 0.2) is 0 Å². The van der Waals surface area contributed by atoms with E-state index in [4.69, 9.17) is 0 Å². The van der Waals surface area contributed by atoms with Crippen LogP contribution in [0.3, 0.4) is 0 Å². The first-order chi connectivity index (χ1) is 6.68. The van der Waals surface area contributed by atoms with Crippen molar-refractivity contribution in [1.82, 2.24) is 10.2 Å². The lowest BCUT2D eigenvalue weighted by Gasteiger charge is -2.25. The van der Waals surface area contributed by atoms with Crippen LogP contribution in [0.15, 0.2) is 0 Å². The van der Waals surface area contributed by atoms with Crippen molar-refractivity contribution in [2.75, 3.05) is 33.2 Å². The van der Waals surface area contributed by atoms with Gasteiger partial charge in [0, 0.05) is 0 Å². The molecule has 1 saturated heterocycles. The molecule has 0 amide bonds. The number of piperidine rings is 1. The summed E-state index contributed by atoms with van der Waals surface area (Å²) in [6.45, 7) is 2.88. The van der Waals surface area contributed by atoms with Crippen molar-refractivity contribution in [3.63, 3.8) is 0 Å². The average Bonchev–Trinajstić information content (AvgIpc) is 2.15. The highest BCUT2D eigenvalue weighted by Crippen LogP contribution is 2.16. The van der Waals surface area contributed by atoms with Crippen LogP contribution in [0.1, 0.15) is 19.3 Å². The highest BCUT2D eigenvalue weighted by molar-refractivity contribution is 5.85. The molecule has 0 aromatic heterocycles. The van der Waals surface area contributed by atoms with E-state index in [1.54, 1.807) is 11.9 Å². The maximum Gasteiger partial charge on any atom is 0.251 e. The Morgan fingerprint density at radius 1 is 1.33 bits per heavy atom. The second-order valence-electron chi connectivity index (χ2n) is 4.14. The summed E-state index contributed by atoms with van der Waals surface area (Å²) in [5.41, 5.74) is 0. The number of halogens is 3. The Bertz CT molecular complexity index is 152. The van der Waals surface area contributed by atoms with Gasteiger partial charge in [-0.3, -0.25) is 0 Å². The predicted octanol–water partition coefficient (Wildman–Crippen LogP) is 1.99. The van der Waals surface area contributed by atoms with Gasteiger partial charge in [-0.15, -0.1) is 12.4 Å². The molecular weight excluding hydrogens is 222 g/mol. The average molecular weight is 243 g/mol. The molecule has 1 aliphatic rings. The van der Waals surface area contributed by atoms with E-state index in [1.165, 1.54) is 12.8 Å². The minimum atomic E-state index is -2.20. The lowest BCUT2D eigenvalue weighted by atomic mass is 9.94. The van der Waals surface area contributed by atoms with Gasteiger partial charge in [-0.2, -0.15) is 0 Å². The number of nitrogens with one attached hydrogen (secondary N) is 1. The van der Waals surface area contributed by atoms with Gasteiger partial charge in [0.1, 0.15) is 0 Å². The van der Waals surface area contributed by atoms with Crippen LogP contribution in [-0.2, 0) is 0 Å². The zero-order valence-corrected chi connectivity index (χ0v) is 10.0. The van der Waals surface area contributed by atoms with Crippen LogP contribution in [0.4, 0.5) is 8.78 Å². The van der Waals surface area contributed by atoms with Crippen LogP contribution in [0, 0.1) is 5.92 Å². The minimum Gasteiger partial charge on any atom is -0.317 e. The summed E-state index contributed by atoms with van der Waals surface area (Å²) >= 11 is 0. The zero-order chi connectivity index (χ0) is 10.4. The Kier molecular flexibility index (Phi) is 8.29. The molecule has 0 saturated carbocycles. The Balaban J connectivity index is 0.00000196. The van der Waals surface area contributed by atoms with Crippen molar-refractivity contribution < 1.29 is 8.78 Å². The largest absolute Gasteiger partial charge is 0.317 e. The molecule has 0 atom stereocenters. The third-order valence-electron chi connectivity index (χ3n) is 2.83. The Labute approximate surface area is 96.8 Å². The second kappa shape index (κ2) is 8.25. The standard InChI is InChI=1S/C10H20F2N2.ClH/c1-14(8-10(11)12)7-4-9-2-5-13-6-3-9;/h9-10,13H,2-8H2,1H3;1H. The summed E-state index contributed by atoms with van der Waals surface area (Å²) in [5, 5.41) is 3.30. The third-order valence-corrected chi connectivity index (χ3v) is 2.83. The maximum atomic E-state index is 12.0. The monoisotopic (exact) mass is 242 g/mol. The Morgan fingerprint density at radius 3 is 2.47 bits per heavy atom. The van der Waals surface area contributed by atoms with Crippen molar-refractivity contribution in [2.45, 2.75) is 25.7 Å². The van der Waals surface area contributed by atoms with Crippen LogP contribution >= 0.6 is 12.4 Å². The summed E-state index contributed by atoms with van der Waals surface area (Å²) in [4.78, 5) is 1.73. The highest BCUT2D eigenvalue weighted by Gasteiger charge is 2.14. The lowest BCUT2D eigenvalue weighted by molar-refractivity contribution is 0.0967. The fraction of sp³-hybridized carbons (Fsp3) is 1.00. The quantitative estimate of drug-likeness (QED) is 0.793. The molecule has 1 heterocycles. The van der Waals surface area contributed by atoms with E-state index in [1.807, 2.05) is 0 Å². The van der Waals surface area contributed by atoms with E-state index in [9.17, 15) is 8.78 Å². The molecule has 2 nitrogen and oxygen atoms in total. The number of hydrogen-bond acceptors (Lipinski definition) is 2. The number of rotatable bonds is 5. The van der Waals surface area contributed by atoms with Gasteiger partial charge in [0.25, 0.3) is 6.43 Å². The van der Waals surface area contributed by atoms with Crippen LogP contribution < -0.4 is 5.32 Å². The first-order valence-electron chi connectivity index (χ1n) is 5.36. The van der Waals surface area contributed by atoms with Crippen LogP contribution in [0.25, 0.3) is 0 Å². The van der Waals surface area contributed by atoms with Crippen molar-refractivity contribution in [2.24, 2.45) is 5.92 Å². The van der Waals surface area contributed by atoms with Crippen LogP contribution in [-0.4, -0.2) is 44.6 Å². The smallest absolute Gasteiger partial charge is 0.251 e. The van der Waals surface area contributed by atoms with E-state index >= 15 is 0 Å². The molecule has 0 aliphatic carbocycles. The fourth-order valence-electron chi connectivity index (χ4n) is 1.90.